The molecule has 0 radical (unpaired) electrons. The van der Waals surface area contributed by atoms with Crippen molar-refractivity contribution in [2.24, 2.45) is 0 Å². The summed E-state index contributed by atoms with van der Waals surface area (Å²) in [6.45, 7) is 1.92. The van der Waals surface area contributed by atoms with Gasteiger partial charge < -0.3 is 10.1 Å². The first-order valence-corrected chi connectivity index (χ1v) is 11.2. The molecule has 0 aliphatic rings. The van der Waals surface area contributed by atoms with Crippen molar-refractivity contribution in [3.8, 4) is 5.75 Å². The van der Waals surface area contributed by atoms with Crippen molar-refractivity contribution in [1.29, 1.82) is 0 Å². The number of methoxy groups -OCH3 is 1. The summed E-state index contributed by atoms with van der Waals surface area (Å²) in [7, 11) is 1.52. The average Bonchev–Trinajstić information content (AvgIpc) is 3.25. The summed E-state index contributed by atoms with van der Waals surface area (Å²) in [6, 6.07) is 24.1. The van der Waals surface area contributed by atoms with Crippen molar-refractivity contribution in [3.63, 3.8) is 0 Å². The minimum absolute atomic E-state index is 0.223. The van der Waals surface area contributed by atoms with Gasteiger partial charge in [-0.15, -0.1) is 11.3 Å². The fourth-order valence-electron chi connectivity index (χ4n) is 3.52. The van der Waals surface area contributed by atoms with Crippen LogP contribution in [0.1, 0.15) is 32.3 Å². The van der Waals surface area contributed by atoms with Gasteiger partial charge in [-0.2, -0.15) is 0 Å². The van der Waals surface area contributed by atoms with Crippen LogP contribution in [0.25, 0.3) is 0 Å². The first-order valence-electron chi connectivity index (χ1n) is 10.4. The Labute approximate surface area is 196 Å². The number of benzene rings is 3. The molecule has 0 atom stereocenters. The van der Waals surface area contributed by atoms with E-state index in [9.17, 15) is 9.59 Å². The molecule has 4 aromatic rings. The molecule has 0 unspecified atom stereocenters. The quantitative estimate of drug-likeness (QED) is 0.385. The van der Waals surface area contributed by atoms with E-state index in [1.54, 1.807) is 24.4 Å². The van der Waals surface area contributed by atoms with Crippen molar-refractivity contribution in [2.45, 2.75) is 12.8 Å². The first-order chi connectivity index (χ1) is 16.0. The SMILES string of the molecule is COc1ccc(C(=O)Nc2ncc(C)s2)cc1NC(=O)C(c1ccccc1)c1ccccc1. The van der Waals surface area contributed by atoms with Gasteiger partial charge in [-0.1, -0.05) is 60.7 Å². The average molecular weight is 458 g/mol. The number of rotatable bonds is 7. The van der Waals surface area contributed by atoms with Crippen LogP contribution in [0.3, 0.4) is 0 Å². The van der Waals surface area contributed by atoms with Gasteiger partial charge >= 0.3 is 0 Å². The molecule has 0 saturated heterocycles. The van der Waals surface area contributed by atoms with Crippen LogP contribution in [0.5, 0.6) is 5.75 Å². The molecule has 166 valence electrons. The van der Waals surface area contributed by atoms with E-state index in [0.717, 1.165) is 16.0 Å². The molecule has 6 nitrogen and oxygen atoms in total. The largest absolute Gasteiger partial charge is 0.495 e. The van der Waals surface area contributed by atoms with E-state index >= 15 is 0 Å². The van der Waals surface area contributed by atoms with E-state index in [2.05, 4.69) is 15.6 Å². The zero-order valence-electron chi connectivity index (χ0n) is 18.2. The van der Waals surface area contributed by atoms with Gasteiger partial charge in [0.1, 0.15) is 5.75 Å². The van der Waals surface area contributed by atoms with E-state index < -0.39 is 5.92 Å². The molecule has 4 rings (SSSR count). The van der Waals surface area contributed by atoms with E-state index in [1.807, 2.05) is 67.6 Å². The van der Waals surface area contributed by atoms with Gasteiger partial charge in [0.25, 0.3) is 5.91 Å². The summed E-state index contributed by atoms with van der Waals surface area (Å²) >= 11 is 1.39. The van der Waals surface area contributed by atoms with Crippen molar-refractivity contribution < 1.29 is 14.3 Å². The van der Waals surface area contributed by atoms with Crippen LogP contribution < -0.4 is 15.4 Å². The van der Waals surface area contributed by atoms with Crippen LogP contribution in [0.4, 0.5) is 10.8 Å². The maximum Gasteiger partial charge on any atom is 0.257 e. The summed E-state index contributed by atoms with van der Waals surface area (Å²) in [5.74, 6) is -0.596. The maximum absolute atomic E-state index is 13.5. The third-order valence-corrected chi connectivity index (χ3v) is 5.92. The van der Waals surface area contributed by atoms with E-state index in [-0.39, 0.29) is 11.8 Å². The molecular formula is C26H23N3O3S. The van der Waals surface area contributed by atoms with Crippen LogP contribution in [0, 0.1) is 6.92 Å². The predicted molar refractivity (Wildman–Crippen MR) is 131 cm³/mol. The van der Waals surface area contributed by atoms with Crippen LogP contribution in [-0.2, 0) is 4.79 Å². The molecule has 7 heteroatoms. The normalized spacial score (nSPS) is 10.6. The Morgan fingerprint density at radius 2 is 1.55 bits per heavy atom. The summed E-state index contributed by atoms with van der Waals surface area (Å²) in [5.41, 5.74) is 2.54. The molecule has 0 fully saturated rings. The molecular weight excluding hydrogens is 434 g/mol. The number of hydrogen-bond donors (Lipinski definition) is 2. The van der Waals surface area contributed by atoms with Gasteiger partial charge in [0.05, 0.1) is 18.7 Å². The topological polar surface area (TPSA) is 80.3 Å². The van der Waals surface area contributed by atoms with Crippen LogP contribution in [-0.4, -0.2) is 23.9 Å². The number of nitrogens with zero attached hydrogens (tertiary/aromatic N) is 1. The number of ether oxygens (including phenoxy) is 1. The Bertz CT molecular complexity index is 1220. The number of aryl methyl sites for hydroxylation is 1. The van der Waals surface area contributed by atoms with Crippen LogP contribution in [0.15, 0.2) is 85.1 Å². The van der Waals surface area contributed by atoms with Crippen molar-refractivity contribution in [1.82, 2.24) is 4.98 Å². The Kier molecular flexibility index (Phi) is 6.80. The second-order valence-electron chi connectivity index (χ2n) is 7.39. The van der Waals surface area contributed by atoms with Gasteiger partial charge in [-0.05, 0) is 36.2 Å². The number of carbonyl (C=O) groups is 2. The summed E-state index contributed by atoms with van der Waals surface area (Å²) in [4.78, 5) is 31.4. The van der Waals surface area contributed by atoms with Crippen molar-refractivity contribution >= 4 is 34.0 Å². The number of hydrogen-bond acceptors (Lipinski definition) is 5. The fraction of sp³-hybridized carbons (Fsp3) is 0.115. The maximum atomic E-state index is 13.5. The Morgan fingerprint density at radius 3 is 2.09 bits per heavy atom. The Balaban J connectivity index is 1.62. The van der Waals surface area contributed by atoms with Gasteiger partial charge in [0.2, 0.25) is 5.91 Å². The predicted octanol–water partition coefficient (Wildman–Crippen LogP) is 5.48. The lowest BCUT2D eigenvalue weighted by atomic mass is 9.90. The van der Waals surface area contributed by atoms with Gasteiger partial charge in [0, 0.05) is 16.6 Å². The molecule has 2 amide bonds. The van der Waals surface area contributed by atoms with E-state index in [1.165, 1.54) is 18.4 Å². The summed E-state index contributed by atoms with van der Waals surface area (Å²) in [5, 5.41) is 6.27. The van der Waals surface area contributed by atoms with E-state index in [0.29, 0.717) is 22.1 Å². The lowest BCUT2D eigenvalue weighted by molar-refractivity contribution is -0.116. The van der Waals surface area contributed by atoms with Crippen LogP contribution >= 0.6 is 11.3 Å². The second-order valence-corrected chi connectivity index (χ2v) is 8.62. The van der Waals surface area contributed by atoms with Gasteiger partial charge in [-0.25, -0.2) is 4.98 Å². The zero-order valence-corrected chi connectivity index (χ0v) is 19.1. The third-order valence-electron chi connectivity index (χ3n) is 5.09. The number of amides is 2. The van der Waals surface area contributed by atoms with Crippen molar-refractivity contribution in [3.05, 3.63) is 107 Å². The van der Waals surface area contributed by atoms with Gasteiger partial charge in [0.15, 0.2) is 5.13 Å². The second kappa shape index (κ2) is 10.1. The molecule has 0 bridgehead atoms. The highest BCUT2D eigenvalue weighted by molar-refractivity contribution is 7.15. The minimum atomic E-state index is -0.520. The van der Waals surface area contributed by atoms with Crippen molar-refractivity contribution in [2.75, 3.05) is 17.7 Å². The lowest BCUT2D eigenvalue weighted by Gasteiger charge is -2.19. The first kappa shape index (κ1) is 22.2. The van der Waals surface area contributed by atoms with Crippen LogP contribution in [0.2, 0.25) is 0 Å². The standard InChI is InChI=1S/C26H23N3O3S/c1-17-16-27-26(33-17)29-24(30)20-13-14-22(32-2)21(15-20)28-25(31)23(18-9-5-3-6-10-18)19-11-7-4-8-12-19/h3-16,23H,1-2H3,(H,28,31)(H,27,29,30). The minimum Gasteiger partial charge on any atom is -0.495 e. The third kappa shape index (κ3) is 5.27. The molecule has 3 aromatic carbocycles. The molecule has 2 N–H and O–H groups in total. The molecule has 33 heavy (non-hydrogen) atoms. The fourth-order valence-corrected chi connectivity index (χ4v) is 4.18. The molecule has 1 aromatic heterocycles. The highest BCUT2D eigenvalue weighted by atomic mass is 32.1. The number of aromatic nitrogens is 1. The summed E-state index contributed by atoms with van der Waals surface area (Å²) in [6.07, 6.45) is 1.70. The molecule has 0 aliphatic heterocycles. The molecule has 0 saturated carbocycles. The van der Waals surface area contributed by atoms with E-state index in [4.69, 9.17) is 4.74 Å². The molecule has 0 aliphatic carbocycles. The monoisotopic (exact) mass is 457 g/mol. The molecule has 0 spiro atoms. The highest BCUT2D eigenvalue weighted by Crippen LogP contribution is 2.30. The smallest absolute Gasteiger partial charge is 0.257 e. The number of nitrogens with one attached hydrogen (secondary N) is 2. The Morgan fingerprint density at radius 1 is 0.909 bits per heavy atom. The zero-order chi connectivity index (χ0) is 23.2. The lowest BCUT2D eigenvalue weighted by Crippen LogP contribution is -2.23. The van der Waals surface area contributed by atoms with Gasteiger partial charge in [-0.3, -0.25) is 14.9 Å². The number of anilines is 2. The number of thiazole rings is 1. The summed E-state index contributed by atoms with van der Waals surface area (Å²) < 4.78 is 5.44. The highest BCUT2D eigenvalue weighted by Gasteiger charge is 2.24. The number of carbonyl (C=O) groups excluding carboxylic acids is 2. The molecule has 1 heterocycles. The Hall–Kier alpha value is -3.97.